The van der Waals surface area contributed by atoms with E-state index >= 15 is 0 Å². The molecule has 0 amide bonds. The van der Waals surface area contributed by atoms with Crippen molar-refractivity contribution in [1.82, 2.24) is 0 Å². The van der Waals surface area contributed by atoms with Gasteiger partial charge in [-0.05, 0) is 59.2 Å². The molecule has 6 aliphatic carbocycles. The molecule has 6 aliphatic rings. The highest BCUT2D eigenvalue weighted by atomic mass is 16.3. The summed E-state index contributed by atoms with van der Waals surface area (Å²) >= 11 is 0. The molecule has 0 saturated heterocycles. The van der Waals surface area contributed by atoms with Gasteiger partial charge in [0.15, 0.2) is 0 Å². The summed E-state index contributed by atoms with van der Waals surface area (Å²) in [5, 5.41) is 18.9. The fourth-order valence-corrected chi connectivity index (χ4v) is 6.78. The van der Waals surface area contributed by atoms with Gasteiger partial charge in [-0.25, -0.2) is 0 Å². The molecule has 14 heavy (non-hydrogen) atoms. The maximum Gasteiger partial charge on any atom is 0.0465 e. The van der Waals surface area contributed by atoms with Gasteiger partial charge in [0.05, 0.1) is 0 Å². The third-order valence-corrected chi connectivity index (χ3v) is 6.85. The van der Waals surface area contributed by atoms with Gasteiger partial charge < -0.3 is 10.2 Å². The summed E-state index contributed by atoms with van der Waals surface area (Å²) in [7, 11) is 0. The van der Waals surface area contributed by atoms with E-state index in [0.29, 0.717) is 25.0 Å². The molecule has 0 aromatic heterocycles. The summed E-state index contributed by atoms with van der Waals surface area (Å²) in [4.78, 5) is 0. The number of rotatable bonds is 2. The van der Waals surface area contributed by atoms with Crippen LogP contribution in [0.1, 0.15) is 0 Å². The summed E-state index contributed by atoms with van der Waals surface area (Å²) < 4.78 is 0. The first-order chi connectivity index (χ1) is 6.90. The van der Waals surface area contributed by atoms with Crippen LogP contribution in [0.4, 0.5) is 0 Å². The van der Waals surface area contributed by atoms with Gasteiger partial charge >= 0.3 is 0 Å². The van der Waals surface area contributed by atoms with Crippen molar-refractivity contribution < 1.29 is 10.2 Å². The van der Waals surface area contributed by atoms with Crippen LogP contribution in [0.5, 0.6) is 0 Å². The highest BCUT2D eigenvalue weighted by Crippen LogP contribution is 2.93. The van der Waals surface area contributed by atoms with Crippen LogP contribution >= 0.6 is 0 Å². The molecule has 6 saturated carbocycles. The molecule has 0 spiro atoms. The first kappa shape index (κ1) is 7.24. The largest absolute Gasteiger partial charge is 0.396 e. The molecule has 76 valence electrons. The molecule has 0 heterocycles. The molecule has 0 aromatic rings. The van der Waals surface area contributed by atoms with Crippen molar-refractivity contribution in [3.05, 3.63) is 0 Å². The second-order valence-corrected chi connectivity index (χ2v) is 6.31. The average Bonchev–Trinajstić information content (AvgIpc) is 2.17. The van der Waals surface area contributed by atoms with Gasteiger partial charge in [0.25, 0.3) is 0 Å². The monoisotopic (exact) mass is 192 g/mol. The van der Waals surface area contributed by atoms with Gasteiger partial charge in [0, 0.05) is 13.2 Å². The van der Waals surface area contributed by atoms with Crippen molar-refractivity contribution >= 4 is 0 Å². The molecule has 2 N–H and O–H groups in total. The molecule has 2 nitrogen and oxygen atoms in total. The normalized spacial score (nSPS) is 79.3. The molecular weight excluding hydrogens is 176 g/mol. The lowest BCUT2D eigenvalue weighted by Gasteiger charge is -2.95. The summed E-state index contributed by atoms with van der Waals surface area (Å²) in [5.74, 6) is 8.77. The Kier molecular flexibility index (Phi) is 0.931. The Morgan fingerprint density at radius 3 is 1.07 bits per heavy atom. The molecule has 4 unspecified atom stereocenters. The van der Waals surface area contributed by atoms with E-state index in [1.165, 1.54) is 0 Å². The van der Waals surface area contributed by atoms with Crippen LogP contribution in [0.2, 0.25) is 0 Å². The van der Waals surface area contributed by atoms with Crippen molar-refractivity contribution in [3.8, 4) is 0 Å². The van der Waals surface area contributed by atoms with E-state index in [1.807, 2.05) is 0 Å². The lowest BCUT2D eigenvalue weighted by molar-refractivity contribution is -0.488. The van der Waals surface area contributed by atoms with Gasteiger partial charge in [0.1, 0.15) is 0 Å². The van der Waals surface area contributed by atoms with Crippen LogP contribution in [0, 0.1) is 59.2 Å². The van der Waals surface area contributed by atoms with Gasteiger partial charge in [-0.2, -0.15) is 0 Å². The summed E-state index contributed by atoms with van der Waals surface area (Å²) in [6.07, 6.45) is 0. The minimum atomic E-state index is 0.330. The summed E-state index contributed by atoms with van der Waals surface area (Å²) in [5.41, 5.74) is 0. The maximum atomic E-state index is 9.45. The lowest BCUT2D eigenvalue weighted by Crippen LogP contribution is -2.92. The zero-order chi connectivity index (χ0) is 9.19. The predicted molar refractivity (Wildman–Crippen MR) is 49.1 cm³/mol. The van der Waals surface area contributed by atoms with E-state index in [0.717, 1.165) is 47.3 Å². The SMILES string of the molecule is OC[C@@H]1C2[C@H]3C4C5[C@@H]3C([C@H]5[C@H]42)[C@H]1CO. The Hall–Kier alpha value is -0.0800. The first-order valence-corrected chi connectivity index (χ1v) is 6.12. The zero-order valence-electron chi connectivity index (χ0n) is 8.08. The second kappa shape index (κ2) is 1.80. The van der Waals surface area contributed by atoms with Crippen molar-refractivity contribution in [3.63, 3.8) is 0 Å². The minimum Gasteiger partial charge on any atom is -0.396 e. The Labute approximate surface area is 83.3 Å². The van der Waals surface area contributed by atoms with Crippen LogP contribution in [0.25, 0.3) is 0 Å². The highest BCUT2D eigenvalue weighted by Gasteiger charge is 2.90. The van der Waals surface area contributed by atoms with E-state index in [4.69, 9.17) is 0 Å². The fourth-order valence-electron chi connectivity index (χ4n) is 6.78. The van der Waals surface area contributed by atoms with E-state index in [1.54, 1.807) is 0 Å². The molecule has 6 fully saturated rings. The molecule has 2 bridgehead atoms. The van der Waals surface area contributed by atoms with Crippen LogP contribution in [0.3, 0.4) is 0 Å². The maximum absolute atomic E-state index is 9.45. The van der Waals surface area contributed by atoms with E-state index in [2.05, 4.69) is 0 Å². The molecule has 10 atom stereocenters. The number of hydrogen-bond acceptors (Lipinski definition) is 2. The van der Waals surface area contributed by atoms with Crippen molar-refractivity contribution in [2.75, 3.05) is 13.2 Å². The van der Waals surface area contributed by atoms with Gasteiger partial charge in [0.2, 0.25) is 0 Å². The lowest BCUT2D eigenvalue weighted by atomic mass is 9.09. The van der Waals surface area contributed by atoms with Crippen LogP contribution in [-0.4, -0.2) is 23.4 Å². The van der Waals surface area contributed by atoms with Crippen LogP contribution in [0.15, 0.2) is 0 Å². The molecule has 0 aromatic carbocycles. The standard InChI is InChI=1S/C12H16O2/c13-1-3-4(2-14)6-9-7-5(3)8-10(6)12(9)11(7)8/h3-14H,1-2H2/t3-,4-,5?,6?,7-,8+,9+,10+,11?,12?/m0/s1. The number of hydrogen-bond donors (Lipinski definition) is 2. The average molecular weight is 192 g/mol. The Bertz CT molecular complexity index is 272. The fraction of sp³-hybridized carbons (Fsp3) is 1.00. The Morgan fingerprint density at radius 2 is 0.786 bits per heavy atom. The third-order valence-electron chi connectivity index (χ3n) is 6.85. The van der Waals surface area contributed by atoms with Gasteiger partial charge in [-0.3, -0.25) is 0 Å². The Balaban J connectivity index is 1.60. The smallest absolute Gasteiger partial charge is 0.0465 e. The summed E-state index contributed by atoms with van der Waals surface area (Å²) in [6, 6.07) is 0. The topological polar surface area (TPSA) is 40.5 Å². The zero-order valence-corrected chi connectivity index (χ0v) is 8.08. The number of aliphatic hydroxyl groups is 2. The van der Waals surface area contributed by atoms with E-state index in [9.17, 15) is 10.2 Å². The first-order valence-electron chi connectivity index (χ1n) is 6.12. The van der Waals surface area contributed by atoms with Gasteiger partial charge in [-0.1, -0.05) is 0 Å². The van der Waals surface area contributed by atoms with Gasteiger partial charge in [-0.15, -0.1) is 0 Å². The highest BCUT2D eigenvalue weighted by molar-refractivity contribution is 5.36. The van der Waals surface area contributed by atoms with Crippen molar-refractivity contribution in [2.45, 2.75) is 0 Å². The van der Waals surface area contributed by atoms with Crippen LogP contribution < -0.4 is 0 Å². The molecule has 0 aliphatic heterocycles. The quantitative estimate of drug-likeness (QED) is 0.656. The van der Waals surface area contributed by atoms with Crippen molar-refractivity contribution in [2.24, 2.45) is 59.2 Å². The van der Waals surface area contributed by atoms with E-state index in [-0.39, 0.29) is 0 Å². The van der Waals surface area contributed by atoms with Crippen molar-refractivity contribution in [1.29, 1.82) is 0 Å². The third kappa shape index (κ3) is 0.396. The van der Waals surface area contributed by atoms with Crippen LogP contribution in [-0.2, 0) is 0 Å². The Morgan fingerprint density at radius 1 is 0.500 bits per heavy atom. The molecule has 2 heteroatoms. The molecule has 6 rings (SSSR count). The molecule has 0 radical (unpaired) electrons. The second-order valence-electron chi connectivity index (χ2n) is 6.31. The number of aliphatic hydroxyl groups excluding tert-OH is 2. The predicted octanol–water partition coefficient (Wildman–Crippen LogP) is 0.201. The van der Waals surface area contributed by atoms with E-state index < -0.39 is 0 Å². The minimum absolute atomic E-state index is 0.330. The number of fused-ring (bicyclic) bond motifs is 1. The summed E-state index contributed by atoms with van der Waals surface area (Å²) in [6.45, 7) is 0.659. The molecular formula is C12H16O2.